The number of benzene rings is 1. The van der Waals surface area contributed by atoms with Gasteiger partial charge in [0.2, 0.25) is 15.9 Å². The second-order valence-corrected chi connectivity index (χ2v) is 9.12. The van der Waals surface area contributed by atoms with Gasteiger partial charge in [-0.2, -0.15) is 4.31 Å². The number of pyridine rings is 1. The lowest BCUT2D eigenvalue weighted by molar-refractivity contribution is -0.119. The van der Waals surface area contributed by atoms with Crippen molar-refractivity contribution in [3.8, 4) is 5.82 Å². The molecule has 152 valence electrons. The molecule has 1 amide bonds. The fourth-order valence-corrected chi connectivity index (χ4v) is 5.43. The first kappa shape index (κ1) is 19.5. The topological polar surface area (TPSA) is 97.2 Å². The average Bonchev–Trinajstić information content (AvgIpc) is 3.36. The molecule has 1 aliphatic rings. The number of fused-ring (bicyclic) bond motifs is 1. The molecule has 8 nitrogen and oxygen atoms in total. The number of hydrogen-bond donors (Lipinski definition) is 1. The molecule has 1 aliphatic heterocycles. The number of imidazole rings is 1. The Morgan fingerprint density at radius 1 is 1.21 bits per heavy atom. The Balaban J connectivity index is 1.49. The van der Waals surface area contributed by atoms with E-state index < -0.39 is 16.1 Å². The molecule has 1 N–H and O–H groups in total. The summed E-state index contributed by atoms with van der Waals surface area (Å²) in [5.41, 5.74) is 2.35. The highest BCUT2D eigenvalue weighted by Gasteiger charge is 2.38. The molecule has 1 atom stereocenters. The molecule has 29 heavy (non-hydrogen) atoms. The Hall–Kier alpha value is -2.78. The Morgan fingerprint density at radius 3 is 2.79 bits per heavy atom. The van der Waals surface area contributed by atoms with Gasteiger partial charge in [-0.15, -0.1) is 0 Å². The number of hydrogen-bond acceptors (Lipinski definition) is 5. The molecule has 0 aliphatic carbocycles. The van der Waals surface area contributed by atoms with Gasteiger partial charge in [-0.25, -0.2) is 18.4 Å². The highest BCUT2D eigenvalue weighted by atomic mass is 32.2. The third-order valence-electron chi connectivity index (χ3n) is 5.04. The van der Waals surface area contributed by atoms with Gasteiger partial charge in [0.15, 0.2) is 0 Å². The van der Waals surface area contributed by atoms with Crippen molar-refractivity contribution in [2.45, 2.75) is 32.2 Å². The zero-order valence-electron chi connectivity index (χ0n) is 16.2. The predicted octanol–water partition coefficient (Wildman–Crippen LogP) is 2.56. The third kappa shape index (κ3) is 3.88. The highest BCUT2D eigenvalue weighted by molar-refractivity contribution is 7.89. The molecule has 1 unspecified atom stereocenters. The minimum Gasteiger partial charge on any atom is -0.323 e. The first-order valence-corrected chi connectivity index (χ1v) is 11.3. The van der Waals surface area contributed by atoms with Crippen molar-refractivity contribution in [3.05, 3.63) is 48.9 Å². The van der Waals surface area contributed by atoms with Crippen molar-refractivity contribution in [1.82, 2.24) is 18.8 Å². The van der Waals surface area contributed by atoms with Crippen LogP contribution in [0.3, 0.4) is 0 Å². The summed E-state index contributed by atoms with van der Waals surface area (Å²) < 4.78 is 28.0. The fraction of sp³-hybridized carbons (Fsp3) is 0.350. The average molecular weight is 414 g/mol. The molecular formula is C20H23N5O3S. The van der Waals surface area contributed by atoms with Crippen LogP contribution in [0.4, 0.5) is 5.69 Å². The summed E-state index contributed by atoms with van der Waals surface area (Å²) in [6.45, 7) is 2.21. The van der Waals surface area contributed by atoms with E-state index in [0.717, 1.165) is 11.0 Å². The lowest BCUT2D eigenvalue weighted by Gasteiger charge is -2.23. The van der Waals surface area contributed by atoms with E-state index in [2.05, 4.69) is 15.3 Å². The minimum atomic E-state index is -3.41. The van der Waals surface area contributed by atoms with E-state index in [9.17, 15) is 13.2 Å². The van der Waals surface area contributed by atoms with E-state index in [4.69, 9.17) is 0 Å². The molecule has 3 heterocycles. The molecule has 3 aromatic rings. The van der Waals surface area contributed by atoms with Crippen LogP contribution >= 0.6 is 0 Å². The molecule has 0 radical (unpaired) electrons. The lowest BCUT2D eigenvalue weighted by Crippen LogP contribution is -2.44. The van der Waals surface area contributed by atoms with Crippen LogP contribution in [0.15, 0.2) is 48.9 Å². The van der Waals surface area contributed by atoms with Crippen molar-refractivity contribution in [2.75, 3.05) is 17.6 Å². The molecular weight excluding hydrogens is 390 g/mol. The van der Waals surface area contributed by atoms with Gasteiger partial charge >= 0.3 is 0 Å². The van der Waals surface area contributed by atoms with Crippen molar-refractivity contribution >= 4 is 32.7 Å². The minimum absolute atomic E-state index is 0.0614. The summed E-state index contributed by atoms with van der Waals surface area (Å²) in [6, 6.07) is 10.7. The molecule has 1 fully saturated rings. The normalized spacial score (nSPS) is 17.6. The number of aromatic nitrogens is 3. The number of anilines is 1. The number of para-hydroxylation sites is 2. The Labute approximate surface area is 169 Å². The van der Waals surface area contributed by atoms with Crippen LogP contribution in [0.2, 0.25) is 0 Å². The summed E-state index contributed by atoms with van der Waals surface area (Å²) in [4.78, 5) is 21.5. The van der Waals surface area contributed by atoms with Gasteiger partial charge in [0, 0.05) is 6.54 Å². The first-order chi connectivity index (χ1) is 14.0. The maximum atomic E-state index is 12.7. The second-order valence-electron chi connectivity index (χ2n) is 7.08. The smallest absolute Gasteiger partial charge is 0.242 e. The number of carbonyl (C=O) groups excluding carboxylic acids is 1. The number of carbonyl (C=O) groups is 1. The van der Waals surface area contributed by atoms with Crippen molar-refractivity contribution in [3.63, 3.8) is 0 Å². The number of nitrogens with one attached hydrogen (secondary N) is 1. The van der Waals surface area contributed by atoms with E-state index in [-0.39, 0.29) is 11.7 Å². The van der Waals surface area contributed by atoms with Gasteiger partial charge in [-0.3, -0.25) is 9.36 Å². The third-order valence-corrected chi connectivity index (χ3v) is 7.12. The summed E-state index contributed by atoms with van der Waals surface area (Å²) >= 11 is 0. The quantitative estimate of drug-likeness (QED) is 0.670. The van der Waals surface area contributed by atoms with Gasteiger partial charge in [0.25, 0.3) is 0 Å². The summed E-state index contributed by atoms with van der Waals surface area (Å²) in [5.74, 6) is 0.431. The lowest BCUT2D eigenvalue weighted by atomic mass is 10.2. The predicted molar refractivity (Wildman–Crippen MR) is 111 cm³/mol. The van der Waals surface area contributed by atoms with E-state index in [1.165, 1.54) is 4.31 Å². The van der Waals surface area contributed by atoms with E-state index in [0.29, 0.717) is 37.3 Å². The molecule has 2 aromatic heterocycles. The van der Waals surface area contributed by atoms with E-state index >= 15 is 0 Å². The molecule has 0 saturated carbocycles. The maximum absolute atomic E-state index is 12.7. The summed E-state index contributed by atoms with van der Waals surface area (Å²) in [6.07, 6.45) is 5.02. The van der Waals surface area contributed by atoms with Crippen LogP contribution in [0.5, 0.6) is 0 Å². The van der Waals surface area contributed by atoms with E-state index in [1.54, 1.807) is 24.7 Å². The second kappa shape index (κ2) is 7.92. The molecule has 0 bridgehead atoms. The largest absolute Gasteiger partial charge is 0.323 e. The van der Waals surface area contributed by atoms with Crippen LogP contribution < -0.4 is 5.32 Å². The highest BCUT2D eigenvalue weighted by Crippen LogP contribution is 2.24. The van der Waals surface area contributed by atoms with Crippen LogP contribution in [0.1, 0.15) is 26.2 Å². The zero-order chi connectivity index (χ0) is 20.4. The Kier molecular flexibility index (Phi) is 5.33. The standard InChI is InChI=1S/C20H23N5O3S/c1-2-12-29(27,28)25-11-5-8-18(25)20(26)23-15-9-10-19(21-13-15)24-14-22-16-6-3-4-7-17(16)24/h3-4,6-7,9-10,13-14,18H,2,5,8,11-12H2,1H3,(H,23,26). The van der Waals surface area contributed by atoms with Gasteiger partial charge in [0.1, 0.15) is 18.2 Å². The van der Waals surface area contributed by atoms with Crippen molar-refractivity contribution in [2.24, 2.45) is 0 Å². The molecule has 4 rings (SSSR count). The number of amides is 1. The fourth-order valence-electron chi connectivity index (χ4n) is 3.68. The van der Waals surface area contributed by atoms with E-state index in [1.807, 2.05) is 35.8 Å². The summed E-state index contributed by atoms with van der Waals surface area (Å²) in [7, 11) is -3.41. The number of sulfonamides is 1. The molecule has 1 aromatic carbocycles. The van der Waals surface area contributed by atoms with Crippen LogP contribution in [0.25, 0.3) is 16.9 Å². The Morgan fingerprint density at radius 2 is 2.03 bits per heavy atom. The molecule has 0 spiro atoms. The SMILES string of the molecule is CCCS(=O)(=O)N1CCCC1C(=O)Nc1ccc(-n2cnc3ccccc32)nc1. The summed E-state index contributed by atoms with van der Waals surface area (Å²) in [5, 5.41) is 2.81. The number of rotatable bonds is 6. The van der Waals surface area contributed by atoms with Crippen LogP contribution in [-0.4, -0.2) is 51.5 Å². The maximum Gasteiger partial charge on any atom is 0.242 e. The van der Waals surface area contributed by atoms with Crippen LogP contribution in [0, 0.1) is 0 Å². The van der Waals surface area contributed by atoms with Gasteiger partial charge < -0.3 is 5.32 Å². The monoisotopic (exact) mass is 413 g/mol. The van der Waals surface area contributed by atoms with Gasteiger partial charge in [0.05, 0.1) is 28.7 Å². The van der Waals surface area contributed by atoms with Gasteiger partial charge in [-0.1, -0.05) is 19.1 Å². The first-order valence-electron chi connectivity index (χ1n) is 9.68. The van der Waals surface area contributed by atoms with Crippen molar-refractivity contribution in [1.29, 1.82) is 0 Å². The number of nitrogens with zero attached hydrogens (tertiary/aromatic N) is 4. The zero-order valence-corrected chi connectivity index (χ0v) is 17.0. The van der Waals surface area contributed by atoms with Crippen molar-refractivity contribution < 1.29 is 13.2 Å². The van der Waals surface area contributed by atoms with Crippen LogP contribution in [-0.2, 0) is 14.8 Å². The van der Waals surface area contributed by atoms with Gasteiger partial charge in [-0.05, 0) is 43.5 Å². The molecule has 1 saturated heterocycles. The Bertz CT molecular complexity index is 1120. The molecule has 9 heteroatoms.